The van der Waals surface area contributed by atoms with E-state index in [4.69, 9.17) is 9.47 Å². The van der Waals surface area contributed by atoms with Crippen molar-refractivity contribution < 1.29 is 28.6 Å². The van der Waals surface area contributed by atoms with E-state index in [1.165, 1.54) is 4.90 Å². The molecule has 1 amide bonds. The van der Waals surface area contributed by atoms with Crippen LogP contribution in [0, 0.1) is 5.82 Å². The SMILES string of the molecule is CC(C)c1ccc(-c2ccc(Oc3cc(C(=O)O)c(F)cc3CN3CCOC3=O)cc2)nn1. The van der Waals surface area contributed by atoms with Gasteiger partial charge < -0.3 is 19.5 Å². The maximum absolute atomic E-state index is 14.3. The van der Waals surface area contributed by atoms with Crippen LogP contribution in [0.2, 0.25) is 0 Å². The van der Waals surface area contributed by atoms with E-state index >= 15 is 0 Å². The van der Waals surface area contributed by atoms with Crippen molar-refractivity contribution in [2.45, 2.75) is 26.3 Å². The summed E-state index contributed by atoms with van der Waals surface area (Å²) >= 11 is 0. The number of carboxylic acid groups (broad SMARTS) is 1. The second kappa shape index (κ2) is 9.23. The van der Waals surface area contributed by atoms with Crippen molar-refractivity contribution >= 4 is 12.1 Å². The second-order valence-electron chi connectivity index (χ2n) is 7.91. The van der Waals surface area contributed by atoms with Crippen molar-refractivity contribution in [1.29, 1.82) is 0 Å². The Morgan fingerprint density at radius 2 is 1.94 bits per heavy atom. The summed E-state index contributed by atoms with van der Waals surface area (Å²) in [4.78, 5) is 24.6. The van der Waals surface area contributed by atoms with E-state index in [1.807, 2.05) is 26.0 Å². The smallest absolute Gasteiger partial charge is 0.410 e. The Labute approximate surface area is 189 Å². The van der Waals surface area contributed by atoms with Crippen LogP contribution in [0.25, 0.3) is 11.3 Å². The lowest BCUT2D eigenvalue weighted by atomic mass is 10.1. The van der Waals surface area contributed by atoms with E-state index in [0.717, 1.165) is 23.4 Å². The van der Waals surface area contributed by atoms with Crippen LogP contribution in [0.4, 0.5) is 9.18 Å². The van der Waals surface area contributed by atoms with Gasteiger partial charge in [-0.1, -0.05) is 13.8 Å². The van der Waals surface area contributed by atoms with E-state index in [9.17, 15) is 19.1 Å². The van der Waals surface area contributed by atoms with E-state index in [0.29, 0.717) is 23.6 Å². The standard InChI is InChI=1S/C24H22FN3O5/c1-14(2)20-7-8-21(27-26-20)15-3-5-17(6-4-15)33-22-12-18(23(29)30)19(25)11-16(22)13-28-9-10-32-24(28)31/h3-8,11-12,14H,9-10,13H2,1-2H3,(H,29,30). The number of amides is 1. The van der Waals surface area contributed by atoms with E-state index in [-0.39, 0.29) is 24.8 Å². The minimum Gasteiger partial charge on any atom is -0.478 e. The highest BCUT2D eigenvalue weighted by Crippen LogP contribution is 2.31. The Kier molecular flexibility index (Phi) is 6.21. The van der Waals surface area contributed by atoms with Gasteiger partial charge >= 0.3 is 12.1 Å². The van der Waals surface area contributed by atoms with Gasteiger partial charge in [0, 0.05) is 11.1 Å². The monoisotopic (exact) mass is 451 g/mol. The van der Waals surface area contributed by atoms with Crippen LogP contribution < -0.4 is 4.74 Å². The van der Waals surface area contributed by atoms with Gasteiger partial charge in [-0.3, -0.25) is 0 Å². The van der Waals surface area contributed by atoms with E-state index < -0.39 is 23.4 Å². The zero-order valence-electron chi connectivity index (χ0n) is 18.1. The number of hydrogen-bond acceptors (Lipinski definition) is 6. The maximum atomic E-state index is 14.3. The first-order chi connectivity index (χ1) is 15.8. The number of rotatable bonds is 7. The van der Waals surface area contributed by atoms with Gasteiger partial charge in [0.2, 0.25) is 0 Å². The number of carbonyl (C=O) groups is 2. The zero-order valence-corrected chi connectivity index (χ0v) is 18.1. The third kappa shape index (κ3) is 4.92. The fourth-order valence-corrected chi connectivity index (χ4v) is 3.38. The highest BCUT2D eigenvalue weighted by molar-refractivity contribution is 5.88. The van der Waals surface area contributed by atoms with Gasteiger partial charge in [0.1, 0.15) is 23.9 Å². The molecule has 1 saturated heterocycles. The number of carboxylic acids is 1. The molecule has 2 aromatic carbocycles. The summed E-state index contributed by atoms with van der Waals surface area (Å²) in [6.45, 7) is 4.71. The zero-order chi connectivity index (χ0) is 23.5. The first kappa shape index (κ1) is 22.2. The fourth-order valence-electron chi connectivity index (χ4n) is 3.38. The van der Waals surface area contributed by atoms with Crippen molar-refractivity contribution in [1.82, 2.24) is 15.1 Å². The molecular formula is C24H22FN3O5. The van der Waals surface area contributed by atoms with Gasteiger partial charge in [-0.05, 0) is 54.4 Å². The van der Waals surface area contributed by atoms with E-state index in [2.05, 4.69) is 10.2 Å². The molecule has 1 N–H and O–H groups in total. The molecule has 0 aliphatic carbocycles. The average Bonchev–Trinajstić information content (AvgIpc) is 3.20. The van der Waals surface area contributed by atoms with Crippen LogP contribution in [0.1, 0.15) is 41.4 Å². The summed E-state index contributed by atoms with van der Waals surface area (Å²) in [5, 5.41) is 17.8. The number of aromatic carboxylic acids is 1. The van der Waals surface area contributed by atoms with Crippen molar-refractivity contribution in [3.8, 4) is 22.8 Å². The highest BCUT2D eigenvalue weighted by Gasteiger charge is 2.25. The topological polar surface area (TPSA) is 102 Å². The quantitative estimate of drug-likeness (QED) is 0.548. The molecule has 0 unspecified atom stereocenters. The first-order valence-corrected chi connectivity index (χ1v) is 10.4. The molecule has 2 heterocycles. The number of aromatic nitrogens is 2. The molecule has 0 spiro atoms. The van der Waals surface area contributed by atoms with Crippen LogP contribution in [0.5, 0.6) is 11.5 Å². The first-order valence-electron chi connectivity index (χ1n) is 10.4. The van der Waals surface area contributed by atoms with Gasteiger partial charge in [0.15, 0.2) is 0 Å². The summed E-state index contributed by atoms with van der Waals surface area (Å²) in [6, 6.07) is 13.0. The Balaban J connectivity index is 1.59. The molecule has 8 nitrogen and oxygen atoms in total. The molecule has 4 rings (SSSR count). The number of benzene rings is 2. The molecule has 1 aliphatic heterocycles. The molecular weight excluding hydrogens is 429 g/mol. The van der Waals surface area contributed by atoms with E-state index in [1.54, 1.807) is 24.3 Å². The largest absolute Gasteiger partial charge is 0.478 e. The normalized spacial score (nSPS) is 13.3. The summed E-state index contributed by atoms with van der Waals surface area (Å²) in [5.41, 5.74) is 2.24. The van der Waals surface area contributed by atoms with Crippen LogP contribution in [-0.4, -0.2) is 45.4 Å². The predicted molar refractivity (Wildman–Crippen MR) is 117 cm³/mol. The van der Waals surface area contributed by atoms with Gasteiger partial charge in [-0.15, -0.1) is 0 Å². The van der Waals surface area contributed by atoms with Gasteiger partial charge in [-0.25, -0.2) is 14.0 Å². The fraction of sp³-hybridized carbons (Fsp3) is 0.250. The third-order valence-corrected chi connectivity index (χ3v) is 5.24. The Hall–Kier alpha value is -4.01. The molecule has 9 heteroatoms. The summed E-state index contributed by atoms with van der Waals surface area (Å²) in [5.74, 6) is -1.48. The van der Waals surface area contributed by atoms with Gasteiger partial charge in [-0.2, -0.15) is 10.2 Å². The molecule has 1 aliphatic rings. The molecule has 3 aromatic rings. The van der Waals surface area contributed by atoms with Crippen LogP contribution in [0.3, 0.4) is 0 Å². The molecule has 0 radical (unpaired) electrons. The molecule has 0 atom stereocenters. The number of nitrogens with zero attached hydrogens (tertiary/aromatic N) is 3. The lowest BCUT2D eigenvalue weighted by Crippen LogP contribution is -2.24. The van der Waals surface area contributed by atoms with Gasteiger partial charge in [0.25, 0.3) is 0 Å². The molecule has 0 saturated carbocycles. The number of hydrogen-bond donors (Lipinski definition) is 1. The number of carbonyl (C=O) groups excluding carboxylic acids is 1. The van der Waals surface area contributed by atoms with Crippen molar-refractivity contribution in [2.75, 3.05) is 13.2 Å². The highest BCUT2D eigenvalue weighted by atomic mass is 19.1. The number of cyclic esters (lactones) is 1. The Morgan fingerprint density at radius 3 is 2.52 bits per heavy atom. The van der Waals surface area contributed by atoms with Crippen molar-refractivity contribution in [3.63, 3.8) is 0 Å². The third-order valence-electron chi connectivity index (χ3n) is 5.24. The minimum absolute atomic E-state index is 0.0286. The molecule has 1 aromatic heterocycles. The average molecular weight is 451 g/mol. The maximum Gasteiger partial charge on any atom is 0.410 e. The lowest BCUT2D eigenvalue weighted by molar-refractivity contribution is 0.0691. The molecule has 0 bridgehead atoms. The molecule has 1 fully saturated rings. The number of ether oxygens (including phenoxy) is 2. The van der Waals surface area contributed by atoms with Crippen LogP contribution >= 0.6 is 0 Å². The molecule has 33 heavy (non-hydrogen) atoms. The molecule has 170 valence electrons. The summed E-state index contributed by atoms with van der Waals surface area (Å²) < 4.78 is 25.1. The minimum atomic E-state index is -1.41. The second-order valence-corrected chi connectivity index (χ2v) is 7.91. The number of halogens is 1. The Morgan fingerprint density at radius 1 is 1.18 bits per heavy atom. The predicted octanol–water partition coefficient (Wildman–Crippen LogP) is 4.85. The van der Waals surface area contributed by atoms with Crippen molar-refractivity contribution in [3.05, 3.63) is 71.2 Å². The van der Waals surface area contributed by atoms with Crippen LogP contribution in [-0.2, 0) is 11.3 Å². The lowest BCUT2D eigenvalue weighted by Gasteiger charge is -2.17. The Bertz CT molecular complexity index is 1180. The summed E-state index contributed by atoms with van der Waals surface area (Å²) in [6.07, 6.45) is -0.516. The summed E-state index contributed by atoms with van der Waals surface area (Å²) in [7, 11) is 0. The van der Waals surface area contributed by atoms with Gasteiger partial charge in [0.05, 0.1) is 30.0 Å². The van der Waals surface area contributed by atoms with Crippen molar-refractivity contribution in [2.24, 2.45) is 0 Å². The van der Waals surface area contributed by atoms with Crippen LogP contribution in [0.15, 0.2) is 48.5 Å².